The van der Waals surface area contributed by atoms with Gasteiger partial charge in [-0.05, 0) is 46.3 Å². The highest BCUT2D eigenvalue weighted by Crippen LogP contribution is 2.41. The lowest BCUT2D eigenvalue weighted by Crippen LogP contribution is -1.90. The average molecular weight is 228 g/mol. The minimum Gasteiger partial charge on any atom is -0.480 e. The molecule has 0 radical (unpaired) electrons. The Morgan fingerprint density at radius 1 is 1.58 bits per heavy atom. The van der Waals surface area contributed by atoms with Crippen LogP contribution in [0.5, 0.6) is 5.88 Å². The van der Waals surface area contributed by atoms with Crippen LogP contribution in [-0.2, 0) is 0 Å². The van der Waals surface area contributed by atoms with Gasteiger partial charge in [0.15, 0.2) is 0 Å². The van der Waals surface area contributed by atoms with Gasteiger partial charge in [0.2, 0.25) is 5.88 Å². The van der Waals surface area contributed by atoms with Crippen LogP contribution in [0.4, 0.5) is 0 Å². The highest BCUT2D eigenvalue weighted by atomic mass is 79.9. The first kappa shape index (κ1) is 8.05. The maximum absolute atomic E-state index is 5.04. The quantitative estimate of drug-likeness (QED) is 0.776. The van der Waals surface area contributed by atoms with Crippen molar-refractivity contribution < 1.29 is 4.74 Å². The van der Waals surface area contributed by atoms with Gasteiger partial charge in [-0.15, -0.1) is 0 Å². The third kappa shape index (κ3) is 1.46. The molecule has 1 heterocycles. The van der Waals surface area contributed by atoms with Crippen LogP contribution in [0.25, 0.3) is 0 Å². The molecule has 64 valence electrons. The fourth-order valence-corrected chi connectivity index (χ4v) is 1.76. The van der Waals surface area contributed by atoms with E-state index in [2.05, 4.69) is 27.0 Å². The molecule has 1 fully saturated rings. The van der Waals surface area contributed by atoms with Crippen LogP contribution in [0.3, 0.4) is 0 Å². The Labute approximate surface area is 80.1 Å². The molecule has 1 aliphatic carbocycles. The Hall–Kier alpha value is -0.570. The monoisotopic (exact) mass is 227 g/mol. The SMILES string of the molecule is COc1ncc(C2CC2)cc1Br. The minimum atomic E-state index is 0.666. The third-order valence-corrected chi connectivity index (χ3v) is 2.64. The van der Waals surface area contributed by atoms with Gasteiger partial charge in [0.25, 0.3) is 0 Å². The summed E-state index contributed by atoms with van der Waals surface area (Å²) in [5.74, 6) is 1.42. The summed E-state index contributed by atoms with van der Waals surface area (Å²) in [6.07, 6.45) is 4.52. The zero-order valence-electron chi connectivity index (χ0n) is 6.88. The van der Waals surface area contributed by atoms with E-state index >= 15 is 0 Å². The summed E-state index contributed by atoms with van der Waals surface area (Å²) in [5, 5.41) is 0. The van der Waals surface area contributed by atoms with E-state index in [0.717, 1.165) is 10.4 Å². The first-order chi connectivity index (χ1) is 5.81. The van der Waals surface area contributed by atoms with Gasteiger partial charge in [-0.3, -0.25) is 0 Å². The van der Waals surface area contributed by atoms with Crippen molar-refractivity contribution in [2.75, 3.05) is 7.11 Å². The molecule has 12 heavy (non-hydrogen) atoms. The van der Waals surface area contributed by atoms with Crippen molar-refractivity contribution in [3.63, 3.8) is 0 Å². The first-order valence-corrected chi connectivity index (χ1v) is 4.80. The third-order valence-electron chi connectivity index (χ3n) is 2.07. The number of methoxy groups -OCH3 is 1. The van der Waals surface area contributed by atoms with Gasteiger partial charge in [0, 0.05) is 6.20 Å². The van der Waals surface area contributed by atoms with Crippen molar-refractivity contribution in [3.05, 3.63) is 22.3 Å². The molecule has 0 amide bonds. The van der Waals surface area contributed by atoms with Gasteiger partial charge < -0.3 is 4.74 Å². The number of pyridine rings is 1. The minimum absolute atomic E-state index is 0.666. The Morgan fingerprint density at radius 3 is 2.83 bits per heavy atom. The standard InChI is InChI=1S/C9H10BrNO/c1-12-9-8(10)4-7(5-11-9)6-2-3-6/h4-6H,2-3H2,1H3. The molecule has 0 aliphatic heterocycles. The van der Waals surface area contributed by atoms with Crippen LogP contribution in [0.2, 0.25) is 0 Å². The Kier molecular flexibility index (Phi) is 2.05. The molecule has 0 saturated heterocycles. The highest BCUT2D eigenvalue weighted by molar-refractivity contribution is 9.10. The van der Waals surface area contributed by atoms with Gasteiger partial charge in [0.05, 0.1) is 11.6 Å². The molecular weight excluding hydrogens is 218 g/mol. The number of aromatic nitrogens is 1. The summed E-state index contributed by atoms with van der Waals surface area (Å²) in [6, 6.07) is 2.10. The Morgan fingerprint density at radius 2 is 2.33 bits per heavy atom. The second-order valence-electron chi connectivity index (χ2n) is 3.03. The van der Waals surface area contributed by atoms with Crippen molar-refractivity contribution in [1.29, 1.82) is 0 Å². The molecule has 1 saturated carbocycles. The van der Waals surface area contributed by atoms with Gasteiger partial charge in [-0.25, -0.2) is 4.98 Å². The first-order valence-electron chi connectivity index (χ1n) is 4.00. The van der Waals surface area contributed by atoms with E-state index in [-0.39, 0.29) is 0 Å². The number of ether oxygens (including phenoxy) is 1. The fourth-order valence-electron chi connectivity index (χ4n) is 1.23. The molecule has 1 aromatic rings. The van der Waals surface area contributed by atoms with E-state index in [9.17, 15) is 0 Å². The molecular formula is C9H10BrNO. The normalized spacial score (nSPS) is 16.2. The maximum atomic E-state index is 5.04. The van der Waals surface area contributed by atoms with E-state index in [1.54, 1.807) is 7.11 Å². The van der Waals surface area contributed by atoms with Crippen molar-refractivity contribution in [1.82, 2.24) is 4.98 Å². The molecule has 2 rings (SSSR count). The van der Waals surface area contributed by atoms with Crippen molar-refractivity contribution in [3.8, 4) is 5.88 Å². The van der Waals surface area contributed by atoms with Crippen molar-refractivity contribution in [2.45, 2.75) is 18.8 Å². The zero-order valence-corrected chi connectivity index (χ0v) is 8.47. The van der Waals surface area contributed by atoms with Gasteiger partial charge in [-0.1, -0.05) is 0 Å². The summed E-state index contributed by atoms with van der Waals surface area (Å²) in [6.45, 7) is 0. The van der Waals surface area contributed by atoms with Crippen molar-refractivity contribution in [2.24, 2.45) is 0 Å². The summed E-state index contributed by atoms with van der Waals surface area (Å²) < 4.78 is 6.00. The molecule has 1 aromatic heterocycles. The van der Waals surface area contributed by atoms with Crippen LogP contribution in [0, 0.1) is 0 Å². The predicted molar refractivity (Wildman–Crippen MR) is 50.5 cm³/mol. The topological polar surface area (TPSA) is 22.1 Å². The van der Waals surface area contributed by atoms with E-state index in [4.69, 9.17) is 4.74 Å². The Balaban J connectivity index is 2.30. The van der Waals surface area contributed by atoms with E-state index in [0.29, 0.717) is 5.88 Å². The van der Waals surface area contributed by atoms with E-state index < -0.39 is 0 Å². The summed E-state index contributed by atoms with van der Waals surface area (Å²) in [4.78, 5) is 4.19. The lowest BCUT2D eigenvalue weighted by Gasteiger charge is -2.03. The van der Waals surface area contributed by atoms with Crippen LogP contribution >= 0.6 is 15.9 Å². The van der Waals surface area contributed by atoms with Crippen LogP contribution < -0.4 is 4.74 Å². The van der Waals surface area contributed by atoms with Gasteiger partial charge >= 0.3 is 0 Å². The lowest BCUT2D eigenvalue weighted by molar-refractivity contribution is 0.394. The van der Waals surface area contributed by atoms with E-state index in [1.807, 2.05) is 6.20 Å². The van der Waals surface area contributed by atoms with Gasteiger partial charge in [0.1, 0.15) is 0 Å². The second kappa shape index (κ2) is 3.05. The molecule has 0 unspecified atom stereocenters. The molecule has 0 N–H and O–H groups in total. The van der Waals surface area contributed by atoms with Gasteiger partial charge in [-0.2, -0.15) is 0 Å². The summed E-state index contributed by atoms with van der Waals surface area (Å²) in [5.41, 5.74) is 1.32. The van der Waals surface area contributed by atoms with E-state index in [1.165, 1.54) is 18.4 Å². The summed E-state index contributed by atoms with van der Waals surface area (Å²) in [7, 11) is 1.63. The zero-order chi connectivity index (χ0) is 8.55. The smallest absolute Gasteiger partial charge is 0.227 e. The number of halogens is 1. The largest absolute Gasteiger partial charge is 0.480 e. The number of hydrogen-bond acceptors (Lipinski definition) is 2. The fraction of sp³-hybridized carbons (Fsp3) is 0.444. The molecule has 0 bridgehead atoms. The lowest BCUT2D eigenvalue weighted by atomic mass is 10.2. The highest BCUT2D eigenvalue weighted by Gasteiger charge is 2.24. The van der Waals surface area contributed by atoms with Crippen LogP contribution in [0.15, 0.2) is 16.7 Å². The molecule has 0 aromatic carbocycles. The maximum Gasteiger partial charge on any atom is 0.227 e. The van der Waals surface area contributed by atoms with Crippen molar-refractivity contribution >= 4 is 15.9 Å². The molecule has 0 atom stereocenters. The molecule has 0 spiro atoms. The molecule has 3 heteroatoms. The Bertz CT molecular complexity index is 297. The predicted octanol–water partition coefficient (Wildman–Crippen LogP) is 2.73. The number of nitrogens with zero attached hydrogens (tertiary/aromatic N) is 1. The number of hydrogen-bond donors (Lipinski definition) is 0. The molecule has 1 aliphatic rings. The van der Waals surface area contributed by atoms with Crippen LogP contribution in [-0.4, -0.2) is 12.1 Å². The average Bonchev–Trinajstić information content (AvgIpc) is 2.86. The second-order valence-corrected chi connectivity index (χ2v) is 3.89. The molecule has 2 nitrogen and oxygen atoms in total. The van der Waals surface area contributed by atoms with Crippen LogP contribution in [0.1, 0.15) is 24.3 Å². The summed E-state index contributed by atoms with van der Waals surface area (Å²) >= 11 is 3.42. The number of rotatable bonds is 2.